The summed E-state index contributed by atoms with van der Waals surface area (Å²) in [6.45, 7) is 5.41. The Balaban J connectivity index is 1.25. The molecule has 5 aliphatic rings. The van der Waals surface area contributed by atoms with E-state index >= 15 is 0 Å². The smallest absolute Gasteiger partial charge is 0.412 e. The van der Waals surface area contributed by atoms with Crippen molar-refractivity contribution in [3.8, 4) is 0 Å². The summed E-state index contributed by atoms with van der Waals surface area (Å²) in [4.78, 5) is 59.2. The Morgan fingerprint density at radius 3 is 2.31 bits per heavy atom. The van der Waals surface area contributed by atoms with Crippen LogP contribution in [0.2, 0.25) is 0 Å². The first-order valence-electron chi connectivity index (χ1n) is 20.1. The number of para-hydroxylation sites is 2. The first-order chi connectivity index (χ1) is 26.2. The molecule has 5 atom stereocenters. The maximum Gasteiger partial charge on any atom is 0.412 e. The van der Waals surface area contributed by atoms with Crippen LogP contribution in [0, 0.1) is 5.92 Å². The third kappa shape index (κ3) is 9.42. The second-order valence-corrected chi connectivity index (χ2v) is 17.4. The molecule has 0 aromatic heterocycles. The highest BCUT2D eigenvalue weighted by Crippen LogP contribution is 2.73. The number of alkyl carbamates (subject to hydrolysis) is 1. The number of piperidine rings is 1. The molecule has 0 radical (unpaired) electrons. The summed E-state index contributed by atoms with van der Waals surface area (Å²) in [6.07, 6.45) is 12.3. The molecule has 3 N–H and O–H groups in total. The number of carbonyl (C=O) groups is 4. The van der Waals surface area contributed by atoms with E-state index in [1.165, 1.54) is 11.3 Å². The Morgan fingerprint density at radius 2 is 1.57 bits per heavy atom. The minimum absolute atomic E-state index is 0.00215. The van der Waals surface area contributed by atoms with Gasteiger partial charge >= 0.3 is 19.8 Å². The highest BCUT2D eigenvalue weighted by molar-refractivity contribution is 7.56. The van der Waals surface area contributed by atoms with E-state index in [0.717, 1.165) is 76.6 Å². The average Bonchev–Trinajstić information content (AvgIpc) is 3.43. The largest absolute Gasteiger partial charge is 0.446 e. The SMILES string of the molecule is CCOP(=O)(OCC)C12CC1/C=C\CCCCC[C@H](NC(=O)OC1CCCC1)C(=O)N1C[C@H](OC(=O)Nc3ccccc3N3CCCCC3)C[C@H]1C(=O)N2. The molecule has 3 heterocycles. The molecule has 0 spiro atoms. The summed E-state index contributed by atoms with van der Waals surface area (Å²) in [5.74, 6) is -1.31. The number of hydrogen-bond acceptors (Lipinski definition) is 10. The molecule has 2 aliphatic carbocycles. The standard InChI is InChI=1S/C39H58N5O9P/c1-3-50-54(49,51-4-2)39-26-28(39)17-9-6-5-7-10-21-32(41-38(48)52-29-18-11-12-19-29)36(46)44-27-30(25-34(44)35(45)42-39)53-37(47)40-31-20-13-14-22-33(31)43-23-15-8-16-24-43/h9,13-14,17,20,22,28-30,32,34H,3-8,10-12,15-16,18-19,21,23-27H2,1-2H3,(H,40,47)(H,41,48)(H,42,45)/b17-9-/t28?,30-,32+,34+,39?/m1/s1. The second-order valence-electron chi connectivity index (χ2n) is 15.1. The van der Waals surface area contributed by atoms with Crippen molar-refractivity contribution in [2.24, 2.45) is 5.92 Å². The summed E-state index contributed by atoms with van der Waals surface area (Å²) < 4.78 is 37.5. The van der Waals surface area contributed by atoms with Gasteiger partial charge in [-0.1, -0.05) is 37.1 Å². The Bertz CT molecular complexity index is 1550. The lowest BCUT2D eigenvalue weighted by Gasteiger charge is -2.32. The molecule has 4 amide bonds. The van der Waals surface area contributed by atoms with Crippen LogP contribution in [0.5, 0.6) is 0 Å². The van der Waals surface area contributed by atoms with Crippen LogP contribution >= 0.6 is 7.60 Å². The van der Waals surface area contributed by atoms with Crippen molar-refractivity contribution in [3.63, 3.8) is 0 Å². The van der Waals surface area contributed by atoms with Crippen LogP contribution in [0.3, 0.4) is 0 Å². The summed E-state index contributed by atoms with van der Waals surface area (Å²) in [7, 11) is -3.85. The molecule has 15 heteroatoms. The molecule has 54 heavy (non-hydrogen) atoms. The van der Waals surface area contributed by atoms with Crippen LogP contribution in [-0.2, 0) is 32.7 Å². The van der Waals surface area contributed by atoms with Crippen LogP contribution in [0.1, 0.15) is 104 Å². The van der Waals surface area contributed by atoms with Crippen LogP contribution in [0.4, 0.5) is 21.0 Å². The summed E-state index contributed by atoms with van der Waals surface area (Å²) in [5, 5.41) is 7.44. The Morgan fingerprint density at radius 1 is 0.889 bits per heavy atom. The minimum Gasteiger partial charge on any atom is -0.446 e. The molecule has 0 bridgehead atoms. The van der Waals surface area contributed by atoms with Gasteiger partial charge in [0.2, 0.25) is 11.8 Å². The lowest BCUT2D eigenvalue weighted by Crippen LogP contribution is -2.55. The van der Waals surface area contributed by atoms with Crippen molar-refractivity contribution in [1.82, 2.24) is 15.5 Å². The molecular weight excluding hydrogens is 713 g/mol. The van der Waals surface area contributed by atoms with E-state index in [9.17, 15) is 23.7 Å². The number of nitrogens with zero attached hydrogens (tertiary/aromatic N) is 2. The van der Waals surface area contributed by atoms with Gasteiger partial charge in [-0.05, 0) is 96.6 Å². The average molecular weight is 772 g/mol. The fourth-order valence-corrected chi connectivity index (χ4v) is 10.8. The predicted octanol–water partition coefficient (Wildman–Crippen LogP) is 6.85. The van der Waals surface area contributed by atoms with E-state index in [4.69, 9.17) is 18.5 Å². The number of nitrogens with one attached hydrogen (secondary N) is 3. The third-order valence-electron chi connectivity index (χ3n) is 11.3. The predicted molar refractivity (Wildman–Crippen MR) is 204 cm³/mol. The Kier molecular flexibility index (Phi) is 13.6. The number of rotatable bonds is 10. The monoisotopic (exact) mass is 771 g/mol. The number of ether oxygens (including phenoxy) is 2. The number of anilines is 2. The molecule has 298 valence electrons. The minimum atomic E-state index is -3.85. The molecule has 1 aromatic rings. The zero-order chi connectivity index (χ0) is 38.1. The van der Waals surface area contributed by atoms with Gasteiger partial charge in [0, 0.05) is 25.4 Å². The number of amides is 4. The van der Waals surface area contributed by atoms with Crippen molar-refractivity contribution < 1.29 is 42.3 Å². The van der Waals surface area contributed by atoms with Gasteiger partial charge in [-0.3, -0.25) is 19.5 Å². The van der Waals surface area contributed by atoms with Gasteiger partial charge in [0.15, 0.2) is 0 Å². The van der Waals surface area contributed by atoms with E-state index in [1.54, 1.807) is 13.8 Å². The normalized spacial score (nSPS) is 28.9. The van der Waals surface area contributed by atoms with E-state index in [0.29, 0.717) is 24.9 Å². The van der Waals surface area contributed by atoms with Gasteiger partial charge < -0.3 is 39.0 Å². The molecule has 14 nitrogen and oxygen atoms in total. The van der Waals surface area contributed by atoms with Gasteiger partial charge in [-0.15, -0.1) is 0 Å². The van der Waals surface area contributed by atoms with Gasteiger partial charge in [0.05, 0.1) is 31.1 Å². The fourth-order valence-electron chi connectivity index (χ4n) is 8.43. The fraction of sp³-hybridized carbons (Fsp3) is 0.692. The van der Waals surface area contributed by atoms with Gasteiger partial charge in [0.1, 0.15) is 29.6 Å². The summed E-state index contributed by atoms with van der Waals surface area (Å²) >= 11 is 0. The quantitative estimate of drug-likeness (QED) is 0.169. The van der Waals surface area contributed by atoms with Gasteiger partial charge in [-0.25, -0.2) is 9.59 Å². The zero-order valence-electron chi connectivity index (χ0n) is 31.8. The van der Waals surface area contributed by atoms with Crippen molar-refractivity contribution in [2.45, 2.75) is 133 Å². The number of fused-ring (bicyclic) bond motifs is 2. The molecule has 2 unspecified atom stereocenters. The van der Waals surface area contributed by atoms with E-state index in [1.807, 2.05) is 36.4 Å². The number of benzene rings is 1. The van der Waals surface area contributed by atoms with Crippen LogP contribution in [0.15, 0.2) is 36.4 Å². The van der Waals surface area contributed by atoms with E-state index in [2.05, 4.69) is 20.9 Å². The van der Waals surface area contributed by atoms with Gasteiger partial charge in [-0.2, -0.15) is 0 Å². The second kappa shape index (κ2) is 18.3. The summed E-state index contributed by atoms with van der Waals surface area (Å²) in [5.41, 5.74) is 1.53. The maximum absolute atomic E-state index is 14.5. The van der Waals surface area contributed by atoms with Crippen LogP contribution < -0.4 is 20.9 Å². The van der Waals surface area contributed by atoms with E-state index < -0.39 is 55.1 Å². The van der Waals surface area contributed by atoms with E-state index in [-0.39, 0.29) is 38.2 Å². The Labute approximate surface area is 318 Å². The number of hydrogen-bond donors (Lipinski definition) is 3. The molecular formula is C39H58N5O9P. The lowest BCUT2D eigenvalue weighted by atomic mass is 10.0. The highest BCUT2D eigenvalue weighted by Gasteiger charge is 2.68. The van der Waals surface area contributed by atoms with Crippen molar-refractivity contribution in [3.05, 3.63) is 36.4 Å². The topological polar surface area (TPSA) is 165 Å². The molecule has 1 aromatic carbocycles. The molecule has 3 aliphatic heterocycles. The summed E-state index contributed by atoms with van der Waals surface area (Å²) in [6, 6.07) is 5.54. The van der Waals surface area contributed by atoms with Gasteiger partial charge in [0.25, 0.3) is 0 Å². The van der Waals surface area contributed by atoms with Crippen molar-refractivity contribution >= 4 is 43.0 Å². The van der Waals surface area contributed by atoms with Crippen LogP contribution in [0.25, 0.3) is 0 Å². The number of carbonyl (C=O) groups excluding carboxylic acids is 4. The number of allylic oxidation sites excluding steroid dienone is 1. The van der Waals surface area contributed by atoms with Crippen LogP contribution in [-0.4, -0.2) is 91.3 Å². The third-order valence-corrected chi connectivity index (χ3v) is 14.1. The van der Waals surface area contributed by atoms with Crippen molar-refractivity contribution in [1.29, 1.82) is 0 Å². The van der Waals surface area contributed by atoms with Crippen molar-refractivity contribution in [2.75, 3.05) is 43.1 Å². The lowest BCUT2D eigenvalue weighted by molar-refractivity contribution is -0.140. The Hall–Kier alpha value is -3.61. The first kappa shape index (κ1) is 40.1. The molecule has 2 saturated carbocycles. The molecule has 4 fully saturated rings. The highest BCUT2D eigenvalue weighted by atomic mass is 31.2. The molecule has 6 rings (SSSR count). The zero-order valence-corrected chi connectivity index (χ0v) is 32.7. The maximum atomic E-state index is 14.5. The molecule has 2 saturated heterocycles. The first-order valence-corrected chi connectivity index (χ1v) is 21.7.